The minimum atomic E-state index is -1.03. The fourth-order valence-corrected chi connectivity index (χ4v) is 1.47. The summed E-state index contributed by atoms with van der Waals surface area (Å²) in [5.74, 6) is -1.32. The van der Waals surface area contributed by atoms with Crippen LogP contribution in [0.3, 0.4) is 0 Å². The number of benzene rings is 1. The first-order valence-corrected chi connectivity index (χ1v) is 5.55. The van der Waals surface area contributed by atoms with E-state index in [-0.39, 0.29) is 17.4 Å². The van der Waals surface area contributed by atoms with Gasteiger partial charge in [-0.25, -0.2) is 4.79 Å². The predicted molar refractivity (Wildman–Crippen MR) is 64.6 cm³/mol. The van der Waals surface area contributed by atoms with Gasteiger partial charge in [0.05, 0.1) is 5.56 Å². The van der Waals surface area contributed by atoms with Gasteiger partial charge in [-0.3, -0.25) is 4.79 Å². The number of carbonyl (C=O) groups is 2. The Kier molecular flexibility index (Phi) is 4.06. The molecule has 0 saturated heterocycles. The number of hydrogen-bond acceptors (Lipinski definition) is 2. The van der Waals surface area contributed by atoms with Crippen LogP contribution in [0.15, 0.2) is 22.7 Å². The van der Waals surface area contributed by atoms with Crippen LogP contribution in [-0.4, -0.2) is 17.0 Å². The lowest BCUT2D eigenvalue weighted by molar-refractivity contribution is -0.118. The summed E-state index contributed by atoms with van der Waals surface area (Å²) in [6.07, 6.45) is 0. The van der Waals surface area contributed by atoms with E-state index >= 15 is 0 Å². The van der Waals surface area contributed by atoms with E-state index in [1.165, 1.54) is 6.07 Å². The van der Waals surface area contributed by atoms with Crippen molar-refractivity contribution >= 4 is 33.5 Å². The maximum absolute atomic E-state index is 11.4. The Bertz CT molecular complexity index is 429. The van der Waals surface area contributed by atoms with Crippen molar-refractivity contribution in [1.29, 1.82) is 0 Å². The van der Waals surface area contributed by atoms with E-state index in [1.807, 2.05) is 0 Å². The van der Waals surface area contributed by atoms with Crippen LogP contribution in [-0.2, 0) is 4.79 Å². The quantitative estimate of drug-likeness (QED) is 0.897. The molecule has 0 aliphatic carbocycles. The summed E-state index contributed by atoms with van der Waals surface area (Å²) in [7, 11) is 0. The fraction of sp³-hybridized carbons (Fsp3) is 0.273. The summed E-state index contributed by atoms with van der Waals surface area (Å²) in [5.41, 5.74) is 0.612. The van der Waals surface area contributed by atoms with Gasteiger partial charge < -0.3 is 10.4 Å². The minimum Gasteiger partial charge on any atom is -0.478 e. The average Bonchev–Trinajstić information content (AvgIpc) is 2.20. The maximum atomic E-state index is 11.4. The smallest absolute Gasteiger partial charge is 0.336 e. The number of halogens is 1. The molecule has 5 heteroatoms. The molecule has 1 amide bonds. The average molecular weight is 286 g/mol. The molecule has 4 nitrogen and oxygen atoms in total. The van der Waals surface area contributed by atoms with Crippen LogP contribution in [0.2, 0.25) is 0 Å². The zero-order valence-electron chi connectivity index (χ0n) is 8.95. The summed E-state index contributed by atoms with van der Waals surface area (Å²) in [6, 6.07) is 4.67. The van der Waals surface area contributed by atoms with Crippen molar-refractivity contribution in [2.75, 3.05) is 5.32 Å². The summed E-state index contributed by atoms with van der Waals surface area (Å²) in [6.45, 7) is 3.54. The van der Waals surface area contributed by atoms with Crippen LogP contribution in [0.1, 0.15) is 24.2 Å². The monoisotopic (exact) mass is 285 g/mol. The van der Waals surface area contributed by atoms with Crippen molar-refractivity contribution in [2.45, 2.75) is 13.8 Å². The molecule has 0 heterocycles. The van der Waals surface area contributed by atoms with Crippen molar-refractivity contribution < 1.29 is 14.7 Å². The van der Waals surface area contributed by atoms with E-state index in [0.29, 0.717) is 10.2 Å². The molecule has 1 aromatic carbocycles. The van der Waals surface area contributed by atoms with Crippen LogP contribution in [0.25, 0.3) is 0 Å². The van der Waals surface area contributed by atoms with E-state index in [9.17, 15) is 9.59 Å². The van der Waals surface area contributed by atoms with E-state index < -0.39 is 5.97 Å². The molecular formula is C11H12BrNO3. The molecule has 0 bridgehead atoms. The number of carbonyl (C=O) groups excluding carboxylic acids is 1. The number of aromatic carboxylic acids is 1. The zero-order valence-corrected chi connectivity index (χ0v) is 10.5. The van der Waals surface area contributed by atoms with Crippen LogP contribution in [0.4, 0.5) is 5.69 Å². The Morgan fingerprint density at radius 1 is 1.38 bits per heavy atom. The standard InChI is InChI=1S/C11H12BrNO3/c1-6(2)10(14)13-7-3-4-9(12)8(5-7)11(15)16/h3-6H,1-2H3,(H,13,14)(H,15,16). The minimum absolute atomic E-state index is 0.126. The Morgan fingerprint density at radius 3 is 2.50 bits per heavy atom. The summed E-state index contributed by atoms with van der Waals surface area (Å²) >= 11 is 3.13. The molecule has 0 aliphatic heterocycles. The highest BCUT2D eigenvalue weighted by molar-refractivity contribution is 9.10. The molecule has 16 heavy (non-hydrogen) atoms. The van der Waals surface area contributed by atoms with Crippen LogP contribution >= 0.6 is 15.9 Å². The van der Waals surface area contributed by atoms with E-state index in [1.54, 1.807) is 26.0 Å². The highest BCUT2D eigenvalue weighted by atomic mass is 79.9. The van der Waals surface area contributed by atoms with Gasteiger partial charge in [0, 0.05) is 16.1 Å². The molecular weight excluding hydrogens is 274 g/mol. The molecule has 86 valence electrons. The molecule has 0 radical (unpaired) electrons. The van der Waals surface area contributed by atoms with Gasteiger partial charge in [0.2, 0.25) is 5.91 Å². The SMILES string of the molecule is CC(C)C(=O)Nc1ccc(Br)c(C(=O)O)c1. The molecule has 0 fully saturated rings. The molecule has 0 aliphatic rings. The zero-order chi connectivity index (χ0) is 12.3. The highest BCUT2D eigenvalue weighted by Crippen LogP contribution is 2.21. The van der Waals surface area contributed by atoms with Crippen LogP contribution in [0.5, 0.6) is 0 Å². The number of nitrogens with one attached hydrogen (secondary N) is 1. The molecule has 1 aromatic rings. The lowest BCUT2D eigenvalue weighted by atomic mass is 10.1. The number of amides is 1. The lowest BCUT2D eigenvalue weighted by Crippen LogP contribution is -2.18. The van der Waals surface area contributed by atoms with Gasteiger partial charge in [-0.1, -0.05) is 13.8 Å². The van der Waals surface area contributed by atoms with Gasteiger partial charge in [-0.05, 0) is 34.1 Å². The van der Waals surface area contributed by atoms with Crippen molar-refractivity contribution in [1.82, 2.24) is 0 Å². The largest absolute Gasteiger partial charge is 0.478 e. The van der Waals surface area contributed by atoms with Crippen LogP contribution < -0.4 is 5.32 Å². The highest BCUT2D eigenvalue weighted by Gasteiger charge is 2.11. The molecule has 1 rings (SSSR count). The molecule has 0 saturated carbocycles. The van der Waals surface area contributed by atoms with Gasteiger partial charge in [-0.15, -0.1) is 0 Å². The third-order valence-electron chi connectivity index (χ3n) is 1.99. The molecule has 2 N–H and O–H groups in total. The second-order valence-corrected chi connectivity index (χ2v) is 4.50. The maximum Gasteiger partial charge on any atom is 0.336 e. The fourth-order valence-electron chi connectivity index (χ4n) is 1.05. The number of carboxylic acids is 1. The molecule has 0 aromatic heterocycles. The van der Waals surface area contributed by atoms with E-state index in [0.717, 1.165) is 0 Å². The molecule has 0 atom stereocenters. The molecule has 0 unspecified atom stereocenters. The van der Waals surface area contributed by atoms with E-state index in [2.05, 4.69) is 21.2 Å². The first-order chi connectivity index (χ1) is 7.41. The van der Waals surface area contributed by atoms with Gasteiger partial charge >= 0.3 is 5.97 Å². The van der Waals surface area contributed by atoms with Gasteiger partial charge in [0.25, 0.3) is 0 Å². The molecule has 0 spiro atoms. The lowest BCUT2D eigenvalue weighted by Gasteiger charge is -2.08. The third-order valence-corrected chi connectivity index (χ3v) is 2.68. The Hall–Kier alpha value is -1.36. The van der Waals surface area contributed by atoms with Gasteiger partial charge in [-0.2, -0.15) is 0 Å². The Labute approximate surface area is 102 Å². The van der Waals surface area contributed by atoms with Crippen LogP contribution in [0, 0.1) is 5.92 Å². The van der Waals surface area contributed by atoms with Crippen molar-refractivity contribution in [3.63, 3.8) is 0 Å². The van der Waals surface area contributed by atoms with Gasteiger partial charge in [0.15, 0.2) is 0 Å². The summed E-state index contributed by atoms with van der Waals surface area (Å²) < 4.78 is 0.488. The number of rotatable bonds is 3. The second-order valence-electron chi connectivity index (χ2n) is 3.64. The van der Waals surface area contributed by atoms with Crippen molar-refractivity contribution in [3.8, 4) is 0 Å². The number of anilines is 1. The predicted octanol–water partition coefficient (Wildman–Crippen LogP) is 2.74. The summed E-state index contributed by atoms with van der Waals surface area (Å²) in [4.78, 5) is 22.3. The Morgan fingerprint density at radius 2 is 2.00 bits per heavy atom. The van der Waals surface area contributed by atoms with Crippen molar-refractivity contribution in [2.24, 2.45) is 5.92 Å². The number of carboxylic acid groups (broad SMARTS) is 1. The van der Waals surface area contributed by atoms with E-state index in [4.69, 9.17) is 5.11 Å². The topological polar surface area (TPSA) is 66.4 Å². The second kappa shape index (κ2) is 5.12. The summed E-state index contributed by atoms with van der Waals surface area (Å²) in [5, 5.41) is 11.5. The van der Waals surface area contributed by atoms with Gasteiger partial charge in [0.1, 0.15) is 0 Å². The third kappa shape index (κ3) is 3.06. The first kappa shape index (κ1) is 12.7. The number of hydrogen-bond donors (Lipinski definition) is 2. The Balaban J connectivity index is 2.95. The first-order valence-electron chi connectivity index (χ1n) is 4.75. The van der Waals surface area contributed by atoms with Crippen molar-refractivity contribution in [3.05, 3.63) is 28.2 Å². The normalized spacial score (nSPS) is 10.2.